The van der Waals surface area contributed by atoms with Crippen molar-refractivity contribution in [2.24, 2.45) is 5.92 Å². The van der Waals surface area contributed by atoms with Gasteiger partial charge >= 0.3 is 0 Å². The Hall–Kier alpha value is -1.18. The third-order valence-electron chi connectivity index (χ3n) is 2.24. The molecule has 0 aromatic heterocycles. The Kier molecular flexibility index (Phi) is 1.68. The fraction of sp³-hybridized carbons (Fsp3) is 0.300. The molecule has 1 aliphatic rings. The molecule has 0 aliphatic heterocycles. The predicted octanol–water partition coefficient (Wildman–Crippen LogP) is 2.04. The summed E-state index contributed by atoms with van der Waals surface area (Å²) in [7, 11) is 0. The summed E-state index contributed by atoms with van der Waals surface area (Å²) in [6.45, 7) is 0. The molecular formula is C10H8FO. The molecule has 0 spiro atoms. The van der Waals surface area contributed by atoms with Gasteiger partial charge in [-0.1, -0.05) is 12.1 Å². The van der Waals surface area contributed by atoms with Crippen LogP contribution in [0.1, 0.15) is 17.9 Å². The van der Waals surface area contributed by atoms with Crippen LogP contribution in [-0.4, -0.2) is 6.29 Å². The molecule has 12 heavy (non-hydrogen) atoms. The van der Waals surface area contributed by atoms with Crippen LogP contribution in [0, 0.1) is 11.7 Å². The number of rotatable bonds is 2. The standard InChI is InChI=1S/C10H8FO/c11-9-3-1-7(2-4-9)10-5-8(10)6-12/h1-4,8,10H,5H2. The maximum absolute atomic E-state index is 12.5. The molecule has 1 fully saturated rings. The lowest BCUT2D eigenvalue weighted by atomic mass is 10.1. The Morgan fingerprint density at radius 1 is 1.33 bits per heavy atom. The zero-order valence-electron chi connectivity index (χ0n) is 6.46. The molecule has 2 unspecified atom stereocenters. The van der Waals surface area contributed by atoms with E-state index in [0.29, 0.717) is 5.92 Å². The first-order valence-electron chi connectivity index (χ1n) is 3.94. The molecule has 0 saturated heterocycles. The molecule has 1 nitrogen and oxygen atoms in total. The Balaban J connectivity index is 2.15. The molecule has 1 aromatic rings. The van der Waals surface area contributed by atoms with Crippen LogP contribution in [0.25, 0.3) is 0 Å². The summed E-state index contributed by atoms with van der Waals surface area (Å²) in [6.07, 6.45) is 2.83. The lowest BCUT2D eigenvalue weighted by Gasteiger charge is -1.95. The third-order valence-corrected chi connectivity index (χ3v) is 2.24. The van der Waals surface area contributed by atoms with Crippen LogP contribution in [0.2, 0.25) is 0 Å². The van der Waals surface area contributed by atoms with E-state index in [1.165, 1.54) is 12.1 Å². The first-order chi connectivity index (χ1) is 5.81. The molecule has 2 atom stereocenters. The van der Waals surface area contributed by atoms with Gasteiger partial charge in [-0.25, -0.2) is 4.39 Å². The summed E-state index contributed by atoms with van der Waals surface area (Å²) in [5.41, 5.74) is 1.05. The van der Waals surface area contributed by atoms with E-state index in [2.05, 4.69) is 0 Å². The van der Waals surface area contributed by atoms with Gasteiger partial charge in [0.25, 0.3) is 0 Å². The molecule has 1 aromatic carbocycles. The molecule has 1 radical (unpaired) electrons. The van der Waals surface area contributed by atoms with Gasteiger partial charge in [0.05, 0.1) is 0 Å². The Morgan fingerprint density at radius 3 is 2.50 bits per heavy atom. The highest BCUT2D eigenvalue weighted by molar-refractivity contribution is 5.62. The Morgan fingerprint density at radius 2 is 2.00 bits per heavy atom. The van der Waals surface area contributed by atoms with E-state index in [1.807, 2.05) is 6.29 Å². The van der Waals surface area contributed by atoms with Gasteiger partial charge in [-0.15, -0.1) is 0 Å². The summed E-state index contributed by atoms with van der Waals surface area (Å²) in [5, 5.41) is 0. The molecule has 0 amide bonds. The van der Waals surface area contributed by atoms with Crippen LogP contribution in [0.5, 0.6) is 0 Å². The van der Waals surface area contributed by atoms with E-state index in [1.54, 1.807) is 12.1 Å². The maximum Gasteiger partial charge on any atom is 0.202 e. The van der Waals surface area contributed by atoms with Crippen molar-refractivity contribution in [2.45, 2.75) is 12.3 Å². The second-order valence-electron chi connectivity index (χ2n) is 3.12. The molecule has 2 heteroatoms. The van der Waals surface area contributed by atoms with E-state index in [9.17, 15) is 9.18 Å². The topological polar surface area (TPSA) is 17.1 Å². The number of benzene rings is 1. The van der Waals surface area contributed by atoms with Crippen molar-refractivity contribution in [3.63, 3.8) is 0 Å². The fourth-order valence-electron chi connectivity index (χ4n) is 1.40. The van der Waals surface area contributed by atoms with Crippen molar-refractivity contribution >= 4 is 6.29 Å². The summed E-state index contributed by atoms with van der Waals surface area (Å²) in [5.74, 6) is 0.115. The Bertz CT molecular complexity index is 291. The van der Waals surface area contributed by atoms with Crippen LogP contribution in [0.4, 0.5) is 4.39 Å². The molecule has 1 saturated carbocycles. The van der Waals surface area contributed by atoms with Gasteiger partial charge < -0.3 is 0 Å². The number of hydrogen-bond acceptors (Lipinski definition) is 1. The minimum atomic E-state index is -0.231. The number of halogens is 1. The molecule has 0 N–H and O–H groups in total. The number of hydrogen-bond donors (Lipinski definition) is 0. The monoisotopic (exact) mass is 163 g/mol. The average Bonchev–Trinajstić information content (AvgIpc) is 2.85. The second-order valence-corrected chi connectivity index (χ2v) is 3.12. The zero-order chi connectivity index (χ0) is 8.55. The van der Waals surface area contributed by atoms with Crippen molar-refractivity contribution in [2.75, 3.05) is 0 Å². The van der Waals surface area contributed by atoms with Gasteiger partial charge in [0, 0.05) is 5.92 Å². The predicted molar refractivity (Wildman–Crippen MR) is 42.9 cm³/mol. The van der Waals surface area contributed by atoms with Crippen molar-refractivity contribution in [1.29, 1.82) is 0 Å². The van der Waals surface area contributed by atoms with Crippen LogP contribution in [0.15, 0.2) is 24.3 Å². The largest absolute Gasteiger partial charge is 0.291 e. The van der Waals surface area contributed by atoms with Gasteiger partial charge in [-0.3, -0.25) is 4.79 Å². The van der Waals surface area contributed by atoms with Gasteiger partial charge in [0.2, 0.25) is 6.29 Å². The highest BCUT2D eigenvalue weighted by Crippen LogP contribution is 2.45. The van der Waals surface area contributed by atoms with Gasteiger partial charge in [-0.2, -0.15) is 0 Å². The SMILES string of the molecule is O=[C]C1CC1c1ccc(F)cc1. The summed E-state index contributed by atoms with van der Waals surface area (Å²) in [6, 6.07) is 6.32. The van der Waals surface area contributed by atoms with E-state index in [0.717, 1.165) is 12.0 Å². The lowest BCUT2D eigenvalue weighted by molar-refractivity contribution is 0.548. The Labute approximate surface area is 70.2 Å². The highest BCUT2D eigenvalue weighted by Gasteiger charge is 2.38. The summed E-state index contributed by atoms with van der Waals surface area (Å²) in [4.78, 5) is 10.2. The van der Waals surface area contributed by atoms with Crippen LogP contribution < -0.4 is 0 Å². The quantitative estimate of drug-likeness (QED) is 0.652. The third kappa shape index (κ3) is 1.24. The van der Waals surface area contributed by atoms with E-state index >= 15 is 0 Å². The first-order valence-corrected chi connectivity index (χ1v) is 3.94. The molecule has 1 aliphatic carbocycles. The maximum atomic E-state index is 12.5. The minimum absolute atomic E-state index is 0.0514. The normalized spacial score (nSPS) is 26.8. The van der Waals surface area contributed by atoms with Crippen LogP contribution in [0.3, 0.4) is 0 Å². The first kappa shape index (κ1) is 7.47. The van der Waals surface area contributed by atoms with Gasteiger partial charge in [0.1, 0.15) is 5.82 Å². The van der Waals surface area contributed by atoms with E-state index in [4.69, 9.17) is 0 Å². The molecule has 61 valence electrons. The molecular weight excluding hydrogens is 155 g/mol. The van der Waals surface area contributed by atoms with Crippen molar-refractivity contribution in [1.82, 2.24) is 0 Å². The highest BCUT2D eigenvalue weighted by atomic mass is 19.1. The second kappa shape index (κ2) is 2.70. The van der Waals surface area contributed by atoms with Crippen LogP contribution in [-0.2, 0) is 4.79 Å². The van der Waals surface area contributed by atoms with E-state index in [-0.39, 0.29) is 11.7 Å². The number of carbonyl (C=O) groups excluding carboxylic acids is 1. The molecule has 0 bridgehead atoms. The van der Waals surface area contributed by atoms with Crippen molar-refractivity contribution in [3.8, 4) is 0 Å². The minimum Gasteiger partial charge on any atom is -0.291 e. The average molecular weight is 163 g/mol. The van der Waals surface area contributed by atoms with Gasteiger partial charge in [-0.05, 0) is 30.0 Å². The van der Waals surface area contributed by atoms with Crippen LogP contribution >= 0.6 is 0 Å². The van der Waals surface area contributed by atoms with Crippen molar-refractivity contribution in [3.05, 3.63) is 35.6 Å². The summed E-state index contributed by atoms with van der Waals surface area (Å²) < 4.78 is 12.5. The van der Waals surface area contributed by atoms with Gasteiger partial charge in [0.15, 0.2) is 0 Å². The molecule has 2 rings (SSSR count). The fourth-order valence-corrected chi connectivity index (χ4v) is 1.40. The zero-order valence-corrected chi connectivity index (χ0v) is 6.46. The van der Waals surface area contributed by atoms with Crippen molar-refractivity contribution < 1.29 is 9.18 Å². The summed E-state index contributed by atoms with van der Waals surface area (Å²) >= 11 is 0. The smallest absolute Gasteiger partial charge is 0.202 e. The lowest BCUT2D eigenvalue weighted by Crippen LogP contribution is -1.84. The molecule has 0 heterocycles. The van der Waals surface area contributed by atoms with E-state index < -0.39 is 0 Å².